The van der Waals surface area contributed by atoms with Gasteiger partial charge in [0.25, 0.3) is 8.32 Å². The van der Waals surface area contributed by atoms with Crippen LogP contribution in [0.15, 0.2) is 72.8 Å². The van der Waals surface area contributed by atoms with Crippen molar-refractivity contribution in [2.75, 3.05) is 13.2 Å². The molecule has 0 aliphatic rings. The molecule has 0 fully saturated rings. The maximum atomic E-state index is 11.4. The molecule has 0 bridgehead atoms. The van der Waals surface area contributed by atoms with Crippen molar-refractivity contribution in [1.82, 2.24) is 0 Å². The van der Waals surface area contributed by atoms with Crippen molar-refractivity contribution in [2.24, 2.45) is 5.73 Å². The summed E-state index contributed by atoms with van der Waals surface area (Å²) < 4.78 is 12.0. The van der Waals surface area contributed by atoms with Gasteiger partial charge in [-0.3, -0.25) is 0 Å². The van der Waals surface area contributed by atoms with Gasteiger partial charge >= 0.3 is 6.09 Å². The summed E-state index contributed by atoms with van der Waals surface area (Å²) in [5, 5.41) is 11.1. The molecular weight excluding hydrogens is 382 g/mol. The van der Waals surface area contributed by atoms with Crippen LogP contribution in [-0.2, 0) is 9.16 Å². The molecule has 2 aromatic carbocycles. The highest BCUT2D eigenvalue weighted by atomic mass is 28.4. The zero-order valence-corrected chi connectivity index (χ0v) is 18.4. The largest absolute Gasteiger partial charge is 0.444 e. The van der Waals surface area contributed by atoms with Crippen LogP contribution < -0.4 is 16.1 Å². The van der Waals surface area contributed by atoms with Crippen LogP contribution in [0.5, 0.6) is 0 Å². The highest BCUT2D eigenvalue weighted by Gasteiger charge is 2.50. The highest BCUT2D eigenvalue weighted by molar-refractivity contribution is 6.99. The molecule has 5 nitrogen and oxygen atoms in total. The third-order valence-corrected chi connectivity index (χ3v) is 9.86. The van der Waals surface area contributed by atoms with E-state index in [1.165, 1.54) is 0 Å². The molecule has 0 spiro atoms. The van der Waals surface area contributed by atoms with E-state index in [0.717, 1.165) is 10.4 Å². The third-order valence-electron chi connectivity index (χ3n) is 4.86. The SMILES string of the molecule is CC(C)(C)[Si](OC[C@H](C/C=C\CO)OC(N)=O)(c1ccccc1)c1ccccc1. The van der Waals surface area contributed by atoms with Crippen molar-refractivity contribution in [3.63, 3.8) is 0 Å². The highest BCUT2D eigenvalue weighted by Crippen LogP contribution is 2.36. The molecule has 0 heterocycles. The molecule has 29 heavy (non-hydrogen) atoms. The molecule has 0 aromatic heterocycles. The van der Waals surface area contributed by atoms with E-state index in [2.05, 4.69) is 45.0 Å². The van der Waals surface area contributed by atoms with Crippen molar-refractivity contribution in [2.45, 2.75) is 38.3 Å². The van der Waals surface area contributed by atoms with Gasteiger partial charge in [0, 0.05) is 6.42 Å². The number of primary amides is 1. The van der Waals surface area contributed by atoms with Gasteiger partial charge in [0.15, 0.2) is 0 Å². The van der Waals surface area contributed by atoms with E-state index < -0.39 is 20.5 Å². The number of aliphatic hydroxyl groups is 1. The molecule has 6 heteroatoms. The van der Waals surface area contributed by atoms with Gasteiger partial charge in [-0.15, -0.1) is 0 Å². The van der Waals surface area contributed by atoms with Crippen LogP contribution in [-0.4, -0.2) is 38.8 Å². The third kappa shape index (κ3) is 5.79. The van der Waals surface area contributed by atoms with Gasteiger partial charge in [0.1, 0.15) is 6.10 Å². The molecule has 3 N–H and O–H groups in total. The van der Waals surface area contributed by atoms with E-state index in [9.17, 15) is 4.79 Å². The van der Waals surface area contributed by atoms with E-state index in [1.807, 2.05) is 36.4 Å². The first kappa shape index (κ1) is 22.9. The first-order valence-electron chi connectivity index (χ1n) is 9.78. The second-order valence-electron chi connectivity index (χ2n) is 7.92. The first-order chi connectivity index (χ1) is 13.8. The van der Waals surface area contributed by atoms with Gasteiger partial charge in [-0.1, -0.05) is 93.6 Å². The second kappa shape index (κ2) is 10.4. The fraction of sp³-hybridized carbons (Fsp3) is 0.348. The van der Waals surface area contributed by atoms with Crippen molar-refractivity contribution >= 4 is 24.8 Å². The number of benzene rings is 2. The molecular formula is C23H31NO4Si. The summed E-state index contributed by atoms with van der Waals surface area (Å²) in [5.74, 6) is 0. The van der Waals surface area contributed by atoms with Gasteiger partial charge in [0.05, 0.1) is 13.2 Å². The Morgan fingerprint density at radius 1 is 1.03 bits per heavy atom. The molecule has 0 aliphatic carbocycles. The molecule has 2 aromatic rings. The molecule has 0 unspecified atom stereocenters. The fourth-order valence-corrected chi connectivity index (χ4v) is 8.21. The number of aliphatic hydroxyl groups excluding tert-OH is 1. The Morgan fingerprint density at radius 3 is 1.97 bits per heavy atom. The zero-order valence-electron chi connectivity index (χ0n) is 17.4. The number of hydrogen-bond donors (Lipinski definition) is 2. The summed E-state index contributed by atoms with van der Waals surface area (Å²) in [6, 6.07) is 20.5. The number of nitrogens with two attached hydrogens (primary N) is 1. The van der Waals surface area contributed by atoms with E-state index in [4.69, 9.17) is 20.0 Å². The standard InChI is InChI=1S/C23H31NO4Si/c1-23(2,3)29(20-13-6-4-7-14-20,21-15-8-5-9-16-21)27-18-19(28-22(24)26)12-10-11-17-25/h4-11,13-16,19,25H,12,17-18H2,1-3H3,(H2,24,26)/b11-10-/t19-/m0/s1. The van der Waals surface area contributed by atoms with Gasteiger partial charge in [-0.05, 0) is 15.4 Å². The number of ether oxygens (including phenoxy) is 1. The van der Waals surface area contributed by atoms with Crippen LogP contribution >= 0.6 is 0 Å². The molecule has 0 saturated carbocycles. The van der Waals surface area contributed by atoms with Crippen molar-refractivity contribution in [1.29, 1.82) is 0 Å². The monoisotopic (exact) mass is 413 g/mol. The second-order valence-corrected chi connectivity index (χ2v) is 12.2. The average molecular weight is 414 g/mol. The molecule has 0 saturated heterocycles. The Kier molecular flexibility index (Phi) is 8.19. The summed E-state index contributed by atoms with van der Waals surface area (Å²) in [4.78, 5) is 11.4. The van der Waals surface area contributed by atoms with Gasteiger partial charge in [-0.25, -0.2) is 4.79 Å². The van der Waals surface area contributed by atoms with Crippen molar-refractivity contribution in [3.05, 3.63) is 72.8 Å². The minimum atomic E-state index is -2.72. The Balaban J connectivity index is 2.46. The molecule has 2 rings (SSSR count). The Bertz CT molecular complexity index is 748. The lowest BCUT2D eigenvalue weighted by Crippen LogP contribution is -2.67. The van der Waals surface area contributed by atoms with Crippen LogP contribution in [0, 0.1) is 0 Å². The minimum absolute atomic E-state index is 0.0706. The molecule has 1 atom stereocenters. The number of hydrogen-bond acceptors (Lipinski definition) is 4. The van der Waals surface area contributed by atoms with E-state index in [-0.39, 0.29) is 18.3 Å². The summed E-state index contributed by atoms with van der Waals surface area (Å²) in [6.07, 6.45) is 2.43. The maximum absolute atomic E-state index is 11.4. The number of carbonyl (C=O) groups is 1. The summed E-state index contributed by atoms with van der Waals surface area (Å²) in [7, 11) is -2.72. The normalized spacial score (nSPS) is 13.4. The van der Waals surface area contributed by atoms with Crippen LogP contribution in [0.2, 0.25) is 5.04 Å². The lowest BCUT2D eigenvalue weighted by atomic mass is 10.2. The number of amides is 1. The smallest absolute Gasteiger partial charge is 0.404 e. The first-order valence-corrected chi connectivity index (χ1v) is 11.7. The van der Waals surface area contributed by atoms with Gasteiger partial charge in [-0.2, -0.15) is 0 Å². The molecule has 0 radical (unpaired) electrons. The van der Waals surface area contributed by atoms with E-state index >= 15 is 0 Å². The average Bonchev–Trinajstić information content (AvgIpc) is 2.68. The molecule has 1 amide bonds. The van der Waals surface area contributed by atoms with Crippen LogP contribution in [0.4, 0.5) is 4.79 Å². The predicted octanol–water partition coefficient (Wildman–Crippen LogP) is 2.97. The van der Waals surface area contributed by atoms with E-state index in [1.54, 1.807) is 12.2 Å². The lowest BCUT2D eigenvalue weighted by molar-refractivity contribution is 0.0702. The van der Waals surface area contributed by atoms with Crippen LogP contribution in [0.1, 0.15) is 27.2 Å². The Hall–Kier alpha value is -2.41. The van der Waals surface area contributed by atoms with Crippen LogP contribution in [0.25, 0.3) is 0 Å². The van der Waals surface area contributed by atoms with Crippen molar-refractivity contribution in [3.8, 4) is 0 Å². The summed E-state index contributed by atoms with van der Waals surface area (Å²) in [6.45, 7) is 6.71. The van der Waals surface area contributed by atoms with Crippen LogP contribution in [0.3, 0.4) is 0 Å². The minimum Gasteiger partial charge on any atom is -0.444 e. The molecule has 156 valence electrons. The number of carbonyl (C=O) groups excluding carboxylic acids is 1. The summed E-state index contributed by atoms with van der Waals surface area (Å²) in [5.41, 5.74) is 5.27. The quantitative estimate of drug-likeness (QED) is 0.489. The fourth-order valence-electron chi connectivity index (χ4n) is 3.62. The summed E-state index contributed by atoms with van der Waals surface area (Å²) >= 11 is 0. The Labute approximate surface area is 174 Å². The van der Waals surface area contributed by atoms with Crippen molar-refractivity contribution < 1.29 is 19.1 Å². The topological polar surface area (TPSA) is 81.8 Å². The van der Waals surface area contributed by atoms with Gasteiger partial charge in [0.2, 0.25) is 0 Å². The lowest BCUT2D eigenvalue weighted by Gasteiger charge is -2.43. The molecule has 0 aliphatic heterocycles. The van der Waals surface area contributed by atoms with Gasteiger partial charge < -0.3 is 20.0 Å². The number of rotatable bonds is 9. The Morgan fingerprint density at radius 2 is 1.55 bits per heavy atom. The zero-order chi connectivity index (χ0) is 21.3. The predicted molar refractivity (Wildman–Crippen MR) is 119 cm³/mol. The van der Waals surface area contributed by atoms with E-state index in [0.29, 0.717) is 6.42 Å². The maximum Gasteiger partial charge on any atom is 0.404 e.